The quantitative estimate of drug-likeness (QED) is 0.310. The van der Waals surface area contributed by atoms with E-state index < -0.39 is 0 Å². The van der Waals surface area contributed by atoms with E-state index in [1.807, 2.05) is 11.8 Å². The number of nitrogens with zero attached hydrogens (tertiary/aromatic N) is 2. The molecule has 0 fully saturated rings. The molecule has 144 valence electrons. The van der Waals surface area contributed by atoms with Gasteiger partial charge in [0, 0.05) is 24.7 Å². The van der Waals surface area contributed by atoms with Crippen molar-refractivity contribution in [2.24, 2.45) is 0 Å². The zero-order chi connectivity index (χ0) is 19.8. The van der Waals surface area contributed by atoms with Crippen molar-refractivity contribution in [1.29, 1.82) is 0 Å². The summed E-state index contributed by atoms with van der Waals surface area (Å²) in [7, 11) is 0. The molecule has 0 amide bonds. The van der Waals surface area contributed by atoms with E-state index >= 15 is 0 Å². The van der Waals surface area contributed by atoms with Crippen LogP contribution in [0.4, 0.5) is 5.82 Å². The Balaban J connectivity index is 1.70. The van der Waals surface area contributed by atoms with Gasteiger partial charge in [-0.3, -0.25) is 4.98 Å². The average molecular weight is 398 g/mol. The van der Waals surface area contributed by atoms with Gasteiger partial charge in [0.15, 0.2) is 0 Å². The van der Waals surface area contributed by atoms with Crippen LogP contribution in [0.25, 0.3) is 0 Å². The number of nitrogens with one attached hydrogen (secondary N) is 1. The van der Waals surface area contributed by atoms with Crippen molar-refractivity contribution < 1.29 is 0 Å². The van der Waals surface area contributed by atoms with Gasteiger partial charge in [0.1, 0.15) is 5.82 Å². The molecule has 3 aromatic carbocycles. The number of thioether (sulfide) groups is 1. The van der Waals surface area contributed by atoms with Crippen LogP contribution in [0.5, 0.6) is 0 Å². The predicted molar refractivity (Wildman–Crippen MR) is 122 cm³/mol. The van der Waals surface area contributed by atoms with Crippen LogP contribution in [-0.2, 0) is 4.75 Å². The maximum Gasteiger partial charge on any atom is 0.144 e. The topological polar surface area (TPSA) is 37.8 Å². The molecule has 4 rings (SSSR count). The highest BCUT2D eigenvalue weighted by atomic mass is 32.2. The number of hydrogen-bond acceptors (Lipinski definition) is 4. The van der Waals surface area contributed by atoms with Gasteiger partial charge in [-0.2, -0.15) is 0 Å². The monoisotopic (exact) mass is 397 g/mol. The number of rotatable bonds is 8. The summed E-state index contributed by atoms with van der Waals surface area (Å²) in [5.41, 5.74) is 3.84. The summed E-state index contributed by atoms with van der Waals surface area (Å²) >= 11 is 1.94. The molecule has 3 nitrogen and oxygen atoms in total. The highest BCUT2D eigenvalue weighted by Crippen LogP contribution is 2.48. The smallest absolute Gasteiger partial charge is 0.144 e. The molecule has 1 N–H and O–H groups in total. The Kier molecular flexibility index (Phi) is 6.22. The van der Waals surface area contributed by atoms with Crippen LogP contribution < -0.4 is 5.32 Å². The molecule has 0 atom stereocenters. The predicted octanol–water partition coefficient (Wildman–Crippen LogP) is 5.61. The first kappa shape index (κ1) is 19.2. The van der Waals surface area contributed by atoms with Crippen molar-refractivity contribution >= 4 is 17.6 Å². The Morgan fingerprint density at radius 2 is 1.21 bits per heavy atom. The molecule has 0 radical (unpaired) electrons. The molecular formula is C25H23N3S. The summed E-state index contributed by atoms with van der Waals surface area (Å²) in [5.74, 6) is 1.72. The second kappa shape index (κ2) is 9.39. The second-order valence-electron chi connectivity index (χ2n) is 6.65. The van der Waals surface area contributed by atoms with Crippen molar-refractivity contribution in [2.45, 2.75) is 4.75 Å². The van der Waals surface area contributed by atoms with Crippen LogP contribution in [0.3, 0.4) is 0 Å². The van der Waals surface area contributed by atoms with Crippen molar-refractivity contribution in [3.63, 3.8) is 0 Å². The van der Waals surface area contributed by atoms with Gasteiger partial charge in [-0.1, -0.05) is 91.0 Å². The van der Waals surface area contributed by atoms with Gasteiger partial charge >= 0.3 is 0 Å². The van der Waals surface area contributed by atoms with Crippen molar-refractivity contribution in [1.82, 2.24) is 9.97 Å². The molecule has 0 aliphatic heterocycles. The van der Waals surface area contributed by atoms with Crippen LogP contribution >= 0.6 is 11.8 Å². The number of aromatic nitrogens is 2. The third kappa shape index (κ3) is 4.33. The molecule has 0 aliphatic carbocycles. The Bertz CT molecular complexity index is 897. The Morgan fingerprint density at radius 3 is 1.66 bits per heavy atom. The lowest BCUT2D eigenvalue weighted by Gasteiger charge is -2.35. The summed E-state index contributed by atoms with van der Waals surface area (Å²) in [6.07, 6.45) is 5.15. The fraction of sp³-hybridized carbons (Fsp3) is 0.120. The zero-order valence-corrected chi connectivity index (χ0v) is 16.9. The van der Waals surface area contributed by atoms with Crippen molar-refractivity contribution in [3.05, 3.63) is 126 Å². The Hall–Kier alpha value is -3.11. The van der Waals surface area contributed by atoms with Gasteiger partial charge in [-0.05, 0) is 16.7 Å². The van der Waals surface area contributed by atoms with Gasteiger partial charge in [0.2, 0.25) is 0 Å². The molecule has 0 saturated carbocycles. The third-order valence-electron chi connectivity index (χ3n) is 4.83. The number of benzene rings is 3. The maximum atomic E-state index is 4.30. The minimum atomic E-state index is -0.284. The summed E-state index contributed by atoms with van der Waals surface area (Å²) in [5, 5.41) is 3.38. The number of anilines is 1. The second-order valence-corrected chi connectivity index (χ2v) is 7.95. The number of hydrogen-bond donors (Lipinski definition) is 1. The van der Waals surface area contributed by atoms with E-state index in [-0.39, 0.29) is 4.75 Å². The maximum absolute atomic E-state index is 4.30. The lowest BCUT2D eigenvalue weighted by Crippen LogP contribution is -2.27. The minimum absolute atomic E-state index is 0.284. The van der Waals surface area contributed by atoms with E-state index in [1.165, 1.54) is 16.7 Å². The van der Waals surface area contributed by atoms with Gasteiger partial charge < -0.3 is 5.32 Å². The first-order valence-electron chi connectivity index (χ1n) is 9.70. The van der Waals surface area contributed by atoms with Crippen LogP contribution in [0.15, 0.2) is 110 Å². The van der Waals surface area contributed by atoms with Gasteiger partial charge in [-0.15, -0.1) is 11.8 Å². The van der Waals surface area contributed by atoms with Crippen molar-refractivity contribution in [2.75, 3.05) is 17.6 Å². The molecule has 0 spiro atoms. The largest absolute Gasteiger partial charge is 0.368 e. The van der Waals surface area contributed by atoms with Gasteiger partial charge in [0.05, 0.1) is 10.9 Å². The summed E-state index contributed by atoms with van der Waals surface area (Å²) in [6, 6.07) is 32.3. The molecule has 29 heavy (non-hydrogen) atoms. The first-order chi connectivity index (χ1) is 14.4. The van der Waals surface area contributed by atoms with Gasteiger partial charge in [-0.25, -0.2) is 4.98 Å². The normalized spacial score (nSPS) is 11.2. The molecule has 0 aliphatic rings. The lowest BCUT2D eigenvalue weighted by atomic mass is 9.84. The standard InChI is InChI=1S/C25H23N3S/c1-4-10-21(11-5-1)25(22-12-6-2-7-13-22,23-14-8-3-9-15-23)29-19-18-28-24-20-26-16-17-27-24/h1-17,20H,18-19H2,(H,27,28). The van der Waals surface area contributed by atoms with Crippen LogP contribution in [0, 0.1) is 0 Å². The van der Waals surface area contributed by atoms with Crippen LogP contribution in [0.1, 0.15) is 16.7 Å². The Labute approximate surface area is 176 Å². The molecule has 1 heterocycles. The first-order valence-corrected chi connectivity index (χ1v) is 10.7. The molecule has 0 unspecified atom stereocenters. The van der Waals surface area contributed by atoms with Crippen molar-refractivity contribution in [3.8, 4) is 0 Å². The van der Waals surface area contributed by atoms with E-state index in [2.05, 4.69) is 106 Å². The molecule has 0 bridgehead atoms. The Morgan fingerprint density at radius 1 is 0.690 bits per heavy atom. The third-order valence-corrected chi connectivity index (χ3v) is 6.38. The van der Waals surface area contributed by atoms with Crippen LogP contribution in [-0.4, -0.2) is 22.3 Å². The zero-order valence-electron chi connectivity index (χ0n) is 16.1. The van der Waals surface area contributed by atoms with E-state index in [4.69, 9.17) is 0 Å². The van der Waals surface area contributed by atoms with Crippen LogP contribution in [0.2, 0.25) is 0 Å². The van der Waals surface area contributed by atoms with Gasteiger partial charge in [0.25, 0.3) is 0 Å². The summed E-state index contributed by atoms with van der Waals surface area (Å²) in [4.78, 5) is 8.43. The fourth-order valence-corrected chi connectivity index (χ4v) is 4.96. The minimum Gasteiger partial charge on any atom is -0.368 e. The van der Waals surface area contributed by atoms with E-state index in [9.17, 15) is 0 Å². The van der Waals surface area contributed by atoms with E-state index in [0.717, 1.165) is 18.1 Å². The fourth-order valence-electron chi connectivity index (χ4n) is 3.54. The van der Waals surface area contributed by atoms with E-state index in [0.29, 0.717) is 0 Å². The molecule has 1 aromatic heterocycles. The average Bonchev–Trinajstić information content (AvgIpc) is 2.82. The summed E-state index contributed by atoms with van der Waals surface area (Å²) < 4.78 is -0.284. The highest BCUT2D eigenvalue weighted by Gasteiger charge is 2.36. The SMILES string of the molecule is c1ccc(C(SCCNc2cnccn2)(c2ccccc2)c2ccccc2)cc1. The molecule has 0 saturated heterocycles. The molecular weight excluding hydrogens is 374 g/mol. The molecule has 4 aromatic rings. The lowest BCUT2D eigenvalue weighted by molar-refractivity contribution is 0.893. The van der Waals surface area contributed by atoms with E-state index in [1.54, 1.807) is 18.6 Å². The summed E-state index contributed by atoms with van der Waals surface area (Å²) in [6.45, 7) is 0.803. The highest BCUT2D eigenvalue weighted by molar-refractivity contribution is 8.00. The molecule has 4 heteroatoms.